The molecule has 0 saturated carbocycles. The van der Waals surface area contributed by atoms with E-state index in [1.54, 1.807) is 0 Å². The summed E-state index contributed by atoms with van der Waals surface area (Å²) in [6.45, 7) is 5.75. The number of nitrogens with zero attached hydrogens (tertiary/aromatic N) is 4. The predicted molar refractivity (Wildman–Crippen MR) is 71.0 cm³/mol. The normalized spacial score (nSPS) is 24.9. The minimum atomic E-state index is -0.0519. The van der Waals surface area contributed by atoms with Gasteiger partial charge in [-0.25, -0.2) is 0 Å². The molecule has 2 aliphatic heterocycles. The van der Waals surface area contributed by atoms with Gasteiger partial charge >= 0.3 is 0 Å². The maximum atomic E-state index is 8.97. The Balaban J connectivity index is 1.61. The lowest BCUT2D eigenvalue weighted by Crippen LogP contribution is -2.44. The molecule has 0 radical (unpaired) electrons. The molecule has 3 rings (SSSR count). The zero-order valence-corrected chi connectivity index (χ0v) is 11.0. The van der Waals surface area contributed by atoms with Gasteiger partial charge in [-0.2, -0.15) is 5.10 Å². The molecule has 19 heavy (non-hydrogen) atoms. The van der Waals surface area contributed by atoms with Crippen molar-refractivity contribution in [2.75, 3.05) is 44.3 Å². The van der Waals surface area contributed by atoms with Gasteiger partial charge < -0.3 is 14.7 Å². The standard InChI is InChI=1S/C13H20N4O2/c18-10-11-1-2-13(15-14-11)17-4-3-12(9-17)16-5-7-19-8-6-16/h1-2,12,18H,3-10H2. The molecule has 2 fully saturated rings. The van der Waals surface area contributed by atoms with E-state index in [4.69, 9.17) is 9.84 Å². The first-order valence-electron chi connectivity index (χ1n) is 6.87. The van der Waals surface area contributed by atoms with Gasteiger partial charge in [0.15, 0.2) is 5.82 Å². The molecule has 1 aromatic heterocycles. The first kappa shape index (κ1) is 12.8. The Morgan fingerprint density at radius 2 is 2.05 bits per heavy atom. The van der Waals surface area contributed by atoms with E-state index in [2.05, 4.69) is 20.0 Å². The molecule has 6 nitrogen and oxygen atoms in total. The molecule has 0 aromatic carbocycles. The molecular weight excluding hydrogens is 244 g/mol. The van der Waals surface area contributed by atoms with Crippen molar-refractivity contribution in [1.82, 2.24) is 15.1 Å². The fraction of sp³-hybridized carbons (Fsp3) is 0.692. The number of aromatic nitrogens is 2. The van der Waals surface area contributed by atoms with Crippen LogP contribution in [0.4, 0.5) is 5.82 Å². The van der Waals surface area contributed by atoms with Crippen LogP contribution in [-0.4, -0.2) is 65.6 Å². The zero-order valence-electron chi connectivity index (χ0n) is 11.0. The molecule has 3 heterocycles. The fourth-order valence-electron chi connectivity index (χ4n) is 2.80. The Bertz CT molecular complexity index is 406. The molecule has 2 saturated heterocycles. The Labute approximate surface area is 113 Å². The summed E-state index contributed by atoms with van der Waals surface area (Å²) in [5.74, 6) is 0.910. The van der Waals surface area contributed by atoms with Crippen LogP contribution >= 0.6 is 0 Å². The van der Waals surface area contributed by atoms with Crippen molar-refractivity contribution in [3.63, 3.8) is 0 Å². The molecular formula is C13H20N4O2. The van der Waals surface area contributed by atoms with E-state index in [0.29, 0.717) is 11.7 Å². The Hall–Kier alpha value is -1.24. The molecule has 0 aliphatic carbocycles. The number of ether oxygens (including phenoxy) is 1. The highest BCUT2D eigenvalue weighted by Gasteiger charge is 2.29. The van der Waals surface area contributed by atoms with Gasteiger partial charge in [0.05, 0.1) is 25.5 Å². The molecule has 2 aliphatic rings. The minimum Gasteiger partial charge on any atom is -0.390 e. The van der Waals surface area contributed by atoms with E-state index >= 15 is 0 Å². The van der Waals surface area contributed by atoms with E-state index in [1.165, 1.54) is 6.42 Å². The van der Waals surface area contributed by atoms with E-state index < -0.39 is 0 Å². The lowest BCUT2D eigenvalue weighted by Gasteiger charge is -2.32. The quantitative estimate of drug-likeness (QED) is 0.821. The van der Waals surface area contributed by atoms with Crippen LogP contribution in [0, 0.1) is 0 Å². The molecule has 0 spiro atoms. The highest BCUT2D eigenvalue weighted by atomic mass is 16.5. The van der Waals surface area contributed by atoms with Crippen LogP contribution in [-0.2, 0) is 11.3 Å². The molecule has 1 aromatic rings. The van der Waals surface area contributed by atoms with E-state index in [-0.39, 0.29) is 6.61 Å². The largest absolute Gasteiger partial charge is 0.390 e. The number of hydrogen-bond acceptors (Lipinski definition) is 6. The van der Waals surface area contributed by atoms with Gasteiger partial charge in [-0.05, 0) is 18.6 Å². The fourth-order valence-corrected chi connectivity index (χ4v) is 2.80. The van der Waals surface area contributed by atoms with E-state index in [0.717, 1.165) is 45.2 Å². The number of anilines is 1. The maximum Gasteiger partial charge on any atom is 0.151 e. The second-order valence-electron chi connectivity index (χ2n) is 5.08. The van der Waals surface area contributed by atoms with Crippen LogP contribution in [0.25, 0.3) is 0 Å². The summed E-state index contributed by atoms with van der Waals surface area (Å²) in [5.41, 5.74) is 0.618. The summed E-state index contributed by atoms with van der Waals surface area (Å²) in [4.78, 5) is 4.79. The van der Waals surface area contributed by atoms with Gasteiger partial charge in [0, 0.05) is 32.2 Å². The topological polar surface area (TPSA) is 61.7 Å². The second kappa shape index (κ2) is 5.81. The smallest absolute Gasteiger partial charge is 0.151 e. The van der Waals surface area contributed by atoms with E-state index in [9.17, 15) is 0 Å². The predicted octanol–water partition coefficient (Wildman–Crippen LogP) is -0.120. The molecule has 1 atom stereocenters. The number of hydrogen-bond donors (Lipinski definition) is 1. The number of rotatable bonds is 3. The second-order valence-corrected chi connectivity index (χ2v) is 5.08. The number of morpholine rings is 1. The summed E-state index contributed by atoms with van der Waals surface area (Å²) in [5, 5.41) is 17.2. The lowest BCUT2D eigenvalue weighted by atomic mass is 10.2. The summed E-state index contributed by atoms with van der Waals surface area (Å²) in [6, 6.07) is 4.38. The Morgan fingerprint density at radius 3 is 2.74 bits per heavy atom. The van der Waals surface area contributed by atoms with Crippen molar-refractivity contribution in [3.05, 3.63) is 17.8 Å². The van der Waals surface area contributed by atoms with Crippen molar-refractivity contribution in [1.29, 1.82) is 0 Å². The van der Waals surface area contributed by atoms with Gasteiger partial charge in [-0.15, -0.1) is 5.10 Å². The van der Waals surface area contributed by atoms with Crippen LogP contribution in [0.2, 0.25) is 0 Å². The van der Waals surface area contributed by atoms with Crippen molar-refractivity contribution >= 4 is 5.82 Å². The third kappa shape index (κ3) is 2.86. The summed E-state index contributed by atoms with van der Waals surface area (Å²) < 4.78 is 5.39. The molecule has 1 N–H and O–H groups in total. The van der Waals surface area contributed by atoms with Gasteiger partial charge in [-0.1, -0.05) is 0 Å². The summed E-state index contributed by atoms with van der Waals surface area (Å²) >= 11 is 0. The molecule has 0 amide bonds. The van der Waals surface area contributed by atoms with Crippen molar-refractivity contribution in [3.8, 4) is 0 Å². The monoisotopic (exact) mass is 264 g/mol. The third-order valence-corrected chi connectivity index (χ3v) is 3.92. The number of aliphatic hydroxyl groups excluding tert-OH is 1. The maximum absolute atomic E-state index is 8.97. The Kier molecular flexibility index (Phi) is 3.91. The summed E-state index contributed by atoms with van der Waals surface area (Å²) in [6.07, 6.45) is 1.17. The van der Waals surface area contributed by atoms with Crippen LogP contribution < -0.4 is 4.90 Å². The average Bonchev–Trinajstić information content (AvgIpc) is 2.98. The summed E-state index contributed by atoms with van der Waals surface area (Å²) in [7, 11) is 0. The highest BCUT2D eigenvalue weighted by molar-refractivity contribution is 5.39. The molecule has 6 heteroatoms. The zero-order chi connectivity index (χ0) is 13.1. The van der Waals surface area contributed by atoms with Crippen LogP contribution in [0.5, 0.6) is 0 Å². The van der Waals surface area contributed by atoms with Gasteiger partial charge in [0.2, 0.25) is 0 Å². The first-order valence-corrected chi connectivity index (χ1v) is 6.87. The SMILES string of the molecule is OCc1ccc(N2CCC(N3CCOCC3)C2)nn1. The van der Waals surface area contributed by atoms with Crippen molar-refractivity contribution < 1.29 is 9.84 Å². The van der Waals surface area contributed by atoms with Crippen molar-refractivity contribution in [2.45, 2.75) is 19.1 Å². The molecule has 0 bridgehead atoms. The average molecular weight is 264 g/mol. The van der Waals surface area contributed by atoms with Crippen LogP contribution in [0.3, 0.4) is 0 Å². The molecule has 104 valence electrons. The van der Waals surface area contributed by atoms with Gasteiger partial charge in [0.25, 0.3) is 0 Å². The third-order valence-electron chi connectivity index (χ3n) is 3.92. The van der Waals surface area contributed by atoms with Crippen LogP contribution in [0.15, 0.2) is 12.1 Å². The Morgan fingerprint density at radius 1 is 1.21 bits per heavy atom. The number of aliphatic hydroxyl groups is 1. The van der Waals surface area contributed by atoms with Crippen LogP contribution in [0.1, 0.15) is 12.1 Å². The van der Waals surface area contributed by atoms with E-state index in [1.807, 2.05) is 12.1 Å². The highest BCUT2D eigenvalue weighted by Crippen LogP contribution is 2.21. The molecule has 1 unspecified atom stereocenters. The lowest BCUT2D eigenvalue weighted by molar-refractivity contribution is 0.0209. The van der Waals surface area contributed by atoms with Gasteiger partial charge in [-0.3, -0.25) is 4.90 Å². The van der Waals surface area contributed by atoms with Gasteiger partial charge in [0.1, 0.15) is 0 Å². The first-order chi connectivity index (χ1) is 9.36. The minimum absolute atomic E-state index is 0.0519. The van der Waals surface area contributed by atoms with Crippen molar-refractivity contribution in [2.24, 2.45) is 0 Å².